The highest BCUT2D eigenvalue weighted by atomic mass is 16.3. The second kappa shape index (κ2) is 3.95. The minimum atomic E-state index is -1.27. The van der Waals surface area contributed by atoms with Gasteiger partial charge in [-0.05, 0) is 0 Å². The molecule has 0 fully saturated rings. The van der Waals surface area contributed by atoms with Crippen molar-refractivity contribution in [2.75, 3.05) is 6.61 Å². The molecule has 0 aliphatic carbocycles. The summed E-state index contributed by atoms with van der Waals surface area (Å²) in [5.74, 6) is 4.48. The molecule has 2 N–H and O–H groups in total. The largest absolute Gasteiger partial charge is 0.393 e. The molecule has 0 saturated carbocycles. The van der Waals surface area contributed by atoms with Crippen molar-refractivity contribution in [3.05, 3.63) is 0 Å². The van der Waals surface area contributed by atoms with E-state index in [0.717, 1.165) is 0 Å². The summed E-state index contributed by atoms with van der Waals surface area (Å²) in [7, 11) is 0. The van der Waals surface area contributed by atoms with Crippen LogP contribution in [0, 0.1) is 24.7 Å². The fraction of sp³-hybridized carbons (Fsp3) is 0.500. The van der Waals surface area contributed by atoms with Crippen molar-refractivity contribution in [2.45, 2.75) is 18.4 Å². The maximum Gasteiger partial charge on any atom is 0.109 e. The van der Waals surface area contributed by atoms with Crippen LogP contribution in [0.4, 0.5) is 0 Å². The minimum Gasteiger partial charge on any atom is -0.393 e. The van der Waals surface area contributed by atoms with Gasteiger partial charge in [-0.3, -0.25) is 0 Å². The lowest BCUT2D eigenvalue weighted by Crippen LogP contribution is -2.31. The summed E-state index contributed by atoms with van der Waals surface area (Å²) in [4.78, 5) is 0. The van der Waals surface area contributed by atoms with E-state index in [0.29, 0.717) is 0 Å². The van der Waals surface area contributed by atoms with Crippen LogP contribution in [0.1, 0.15) is 12.8 Å². The molecule has 0 aromatic heterocycles. The fourth-order valence-electron chi connectivity index (χ4n) is 0.554. The molecule has 0 atom stereocenters. The Morgan fingerprint density at radius 2 is 1.60 bits per heavy atom. The summed E-state index contributed by atoms with van der Waals surface area (Å²) in [6, 6.07) is 0. The van der Waals surface area contributed by atoms with Crippen molar-refractivity contribution >= 4 is 0 Å². The number of aliphatic hydroxyl groups excluding tert-OH is 1. The molecule has 0 rings (SSSR count). The Balaban J connectivity index is 4.00. The molecule has 0 aromatic rings. The van der Waals surface area contributed by atoms with Crippen molar-refractivity contribution in [3.63, 3.8) is 0 Å². The fourth-order valence-corrected chi connectivity index (χ4v) is 0.554. The first kappa shape index (κ1) is 9.04. The zero-order valence-corrected chi connectivity index (χ0v) is 5.67. The third-order valence-corrected chi connectivity index (χ3v) is 1.16. The molecule has 0 amide bonds. The molecule has 0 radical (unpaired) electrons. The van der Waals surface area contributed by atoms with Crippen LogP contribution in [0.2, 0.25) is 0 Å². The van der Waals surface area contributed by atoms with Gasteiger partial charge in [0, 0.05) is 12.8 Å². The van der Waals surface area contributed by atoms with Gasteiger partial charge in [0.05, 0.1) is 6.61 Å². The minimum absolute atomic E-state index is 0.0910. The normalized spacial score (nSPS) is 10.0. The summed E-state index contributed by atoms with van der Waals surface area (Å²) < 4.78 is 0. The Morgan fingerprint density at radius 1 is 1.20 bits per heavy atom. The number of aliphatic hydroxyl groups is 2. The van der Waals surface area contributed by atoms with Gasteiger partial charge in [-0.25, -0.2) is 0 Å². The summed E-state index contributed by atoms with van der Waals surface area (Å²) in [6.07, 6.45) is 10.0. The van der Waals surface area contributed by atoms with E-state index in [1.54, 1.807) is 0 Å². The monoisotopic (exact) mass is 138 g/mol. The highest BCUT2D eigenvalue weighted by molar-refractivity contribution is 5.02. The molecular weight excluding hydrogens is 128 g/mol. The summed E-state index contributed by atoms with van der Waals surface area (Å²) >= 11 is 0. The van der Waals surface area contributed by atoms with Crippen molar-refractivity contribution in [1.82, 2.24) is 0 Å². The van der Waals surface area contributed by atoms with Gasteiger partial charge >= 0.3 is 0 Å². The van der Waals surface area contributed by atoms with Crippen LogP contribution >= 0.6 is 0 Å². The quantitative estimate of drug-likeness (QED) is 0.528. The van der Waals surface area contributed by atoms with Gasteiger partial charge in [-0.2, -0.15) is 0 Å². The molecule has 0 spiro atoms. The highest BCUT2D eigenvalue weighted by Gasteiger charge is 2.22. The van der Waals surface area contributed by atoms with Gasteiger partial charge in [0.15, 0.2) is 0 Å². The van der Waals surface area contributed by atoms with E-state index < -0.39 is 5.60 Å². The third kappa shape index (κ3) is 2.55. The van der Waals surface area contributed by atoms with Crippen LogP contribution in [0.25, 0.3) is 0 Å². The van der Waals surface area contributed by atoms with Crippen LogP contribution in [0.3, 0.4) is 0 Å². The average molecular weight is 138 g/mol. The van der Waals surface area contributed by atoms with Gasteiger partial charge < -0.3 is 10.2 Å². The summed E-state index contributed by atoms with van der Waals surface area (Å²) in [5.41, 5.74) is -1.27. The Morgan fingerprint density at radius 3 is 1.80 bits per heavy atom. The Bertz CT molecular complexity index is 155. The SMILES string of the molecule is C#CCC(O)(CO)CC#C. The van der Waals surface area contributed by atoms with E-state index in [1.165, 1.54) is 0 Å². The predicted molar refractivity (Wildman–Crippen MR) is 38.9 cm³/mol. The predicted octanol–water partition coefficient (Wildman–Crippen LogP) is -0.244. The second-order valence-corrected chi connectivity index (χ2v) is 2.14. The van der Waals surface area contributed by atoms with E-state index in [9.17, 15) is 5.11 Å². The van der Waals surface area contributed by atoms with Crippen LogP contribution in [-0.4, -0.2) is 22.4 Å². The molecule has 54 valence electrons. The number of rotatable bonds is 3. The molecule has 10 heavy (non-hydrogen) atoms. The Labute approximate surface area is 60.9 Å². The lowest BCUT2D eigenvalue weighted by molar-refractivity contribution is -0.00563. The zero-order chi connectivity index (χ0) is 8.04. The molecule has 2 heteroatoms. The number of hydrogen-bond acceptors (Lipinski definition) is 2. The summed E-state index contributed by atoms with van der Waals surface area (Å²) in [6.45, 7) is -0.388. The lowest BCUT2D eigenvalue weighted by Gasteiger charge is -2.19. The van der Waals surface area contributed by atoms with Crippen LogP contribution in [-0.2, 0) is 0 Å². The Hall–Kier alpha value is -0.960. The standard InChI is InChI=1S/C8H10O2/c1-3-5-8(10,7-9)6-4-2/h1-2,9-10H,5-7H2. The lowest BCUT2D eigenvalue weighted by atomic mass is 9.98. The van der Waals surface area contributed by atoms with E-state index in [1.807, 2.05) is 0 Å². The van der Waals surface area contributed by atoms with Gasteiger partial charge in [-0.1, -0.05) is 0 Å². The number of hydrogen-bond donors (Lipinski definition) is 2. The van der Waals surface area contributed by atoms with Gasteiger partial charge in [-0.15, -0.1) is 24.7 Å². The maximum atomic E-state index is 9.28. The van der Waals surface area contributed by atoms with E-state index in [-0.39, 0.29) is 19.4 Å². The first-order chi connectivity index (χ1) is 4.68. The van der Waals surface area contributed by atoms with Crippen LogP contribution in [0.15, 0.2) is 0 Å². The van der Waals surface area contributed by atoms with Crippen molar-refractivity contribution in [2.24, 2.45) is 0 Å². The molecule has 0 aliphatic rings. The first-order valence-corrected chi connectivity index (χ1v) is 2.88. The number of terminal acetylenes is 2. The van der Waals surface area contributed by atoms with E-state index in [4.69, 9.17) is 18.0 Å². The van der Waals surface area contributed by atoms with Crippen molar-refractivity contribution in [1.29, 1.82) is 0 Å². The molecule has 0 bridgehead atoms. The molecule has 0 unspecified atom stereocenters. The van der Waals surface area contributed by atoms with Crippen molar-refractivity contribution in [3.8, 4) is 24.7 Å². The molecule has 0 aliphatic heterocycles. The van der Waals surface area contributed by atoms with Gasteiger partial charge in [0.1, 0.15) is 5.60 Å². The van der Waals surface area contributed by atoms with Gasteiger partial charge in [0.25, 0.3) is 0 Å². The zero-order valence-electron chi connectivity index (χ0n) is 5.67. The Kier molecular flexibility index (Phi) is 3.57. The molecule has 0 saturated heterocycles. The highest BCUT2D eigenvalue weighted by Crippen LogP contribution is 2.12. The molecular formula is C8H10O2. The van der Waals surface area contributed by atoms with E-state index >= 15 is 0 Å². The van der Waals surface area contributed by atoms with E-state index in [2.05, 4.69) is 11.8 Å². The average Bonchev–Trinajstić information content (AvgIpc) is 1.89. The first-order valence-electron chi connectivity index (χ1n) is 2.88. The second-order valence-electron chi connectivity index (χ2n) is 2.14. The van der Waals surface area contributed by atoms with Crippen molar-refractivity contribution < 1.29 is 10.2 Å². The van der Waals surface area contributed by atoms with Gasteiger partial charge in [0.2, 0.25) is 0 Å². The third-order valence-electron chi connectivity index (χ3n) is 1.16. The molecule has 0 heterocycles. The molecule has 2 nitrogen and oxygen atoms in total. The smallest absolute Gasteiger partial charge is 0.109 e. The summed E-state index contributed by atoms with van der Waals surface area (Å²) in [5, 5.41) is 17.9. The molecule has 0 aromatic carbocycles. The maximum absolute atomic E-state index is 9.28. The topological polar surface area (TPSA) is 40.5 Å². The van der Waals surface area contributed by atoms with Crippen LogP contribution < -0.4 is 0 Å². The van der Waals surface area contributed by atoms with Crippen LogP contribution in [0.5, 0.6) is 0 Å².